The zero-order valence-electron chi connectivity index (χ0n) is 19.4. The lowest BCUT2D eigenvalue weighted by molar-refractivity contribution is -0.118. The highest BCUT2D eigenvalue weighted by atomic mass is 32.2. The molecule has 34 heavy (non-hydrogen) atoms. The van der Waals surface area contributed by atoms with Crippen molar-refractivity contribution in [1.29, 1.82) is 0 Å². The van der Waals surface area contributed by atoms with Crippen molar-refractivity contribution in [1.82, 2.24) is 4.98 Å². The largest absolute Gasteiger partial charge is 0.284 e. The predicted molar refractivity (Wildman–Crippen MR) is 140 cm³/mol. The molecule has 0 fully saturated rings. The fourth-order valence-corrected chi connectivity index (χ4v) is 6.31. The first-order valence-electron chi connectivity index (χ1n) is 11.3. The van der Waals surface area contributed by atoms with Crippen molar-refractivity contribution in [2.45, 2.75) is 39.0 Å². The third-order valence-electron chi connectivity index (χ3n) is 5.86. The van der Waals surface area contributed by atoms with E-state index in [1.165, 1.54) is 11.3 Å². The quantitative estimate of drug-likeness (QED) is 0.294. The molecule has 0 radical (unpaired) electrons. The van der Waals surface area contributed by atoms with Gasteiger partial charge in [-0.05, 0) is 48.6 Å². The van der Waals surface area contributed by atoms with E-state index in [1.807, 2.05) is 61.5 Å². The van der Waals surface area contributed by atoms with Crippen LogP contribution in [0.5, 0.6) is 0 Å². The lowest BCUT2D eigenvalue weighted by Crippen LogP contribution is -2.30. The third-order valence-corrected chi connectivity index (χ3v) is 8.59. The number of nitrogens with zero attached hydrogens (tertiary/aromatic N) is 2. The molecule has 0 aliphatic carbocycles. The molecule has 7 heteroatoms. The minimum Gasteiger partial charge on any atom is -0.284 e. The number of aryl methyl sites for hydroxylation is 2. The molecule has 0 aliphatic heterocycles. The average molecular weight is 493 g/mol. The van der Waals surface area contributed by atoms with Gasteiger partial charge in [0.05, 0.1) is 28.3 Å². The van der Waals surface area contributed by atoms with Crippen molar-refractivity contribution in [3.05, 3.63) is 95.1 Å². The molecule has 5 nitrogen and oxygen atoms in total. The topological polar surface area (TPSA) is 67.3 Å². The summed E-state index contributed by atoms with van der Waals surface area (Å²) in [4.78, 5) is 19.8. The molecule has 0 saturated heterocycles. The van der Waals surface area contributed by atoms with Crippen LogP contribution in [0.2, 0.25) is 0 Å². The molecular weight excluding hydrogens is 464 g/mol. The summed E-state index contributed by atoms with van der Waals surface area (Å²) in [6.07, 6.45) is 0.428. The van der Waals surface area contributed by atoms with Crippen LogP contribution in [0.4, 0.5) is 5.13 Å². The maximum absolute atomic E-state index is 13.3. The van der Waals surface area contributed by atoms with Gasteiger partial charge in [-0.3, -0.25) is 9.69 Å². The van der Waals surface area contributed by atoms with Crippen LogP contribution in [-0.4, -0.2) is 25.1 Å². The van der Waals surface area contributed by atoms with E-state index >= 15 is 0 Å². The summed E-state index contributed by atoms with van der Waals surface area (Å²) >= 11 is 1.49. The van der Waals surface area contributed by atoms with E-state index in [0.29, 0.717) is 11.7 Å². The summed E-state index contributed by atoms with van der Waals surface area (Å²) in [6.45, 7) is 4.49. The second kappa shape index (κ2) is 10.5. The van der Waals surface area contributed by atoms with Crippen molar-refractivity contribution in [2.75, 3.05) is 10.7 Å². The fourth-order valence-electron chi connectivity index (χ4n) is 3.84. The van der Waals surface area contributed by atoms with E-state index in [1.54, 1.807) is 17.0 Å². The van der Waals surface area contributed by atoms with Crippen molar-refractivity contribution in [2.24, 2.45) is 0 Å². The van der Waals surface area contributed by atoms with Gasteiger partial charge in [0.1, 0.15) is 0 Å². The van der Waals surface area contributed by atoms with Crippen LogP contribution in [-0.2, 0) is 26.9 Å². The van der Waals surface area contributed by atoms with Crippen LogP contribution >= 0.6 is 11.3 Å². The number of fused-ring (bicyclic) bond motifs is 1. The first kappa shape index (κ1) is 24.1. The molecule has 4 rings (SSSR count). The van der Waals surface area contributed by atoms with Gasteiger partial charge in [0.25, 0.3) is 0 Å². The van der Waals surface area contributed by atoms with Crippen LogP contribution in [0.3, 0.4) is 0 Å². The Morgan fingerprint density at radius 2 is 1.56 bits per heavy atom. The standard InChI is InChI=1S/C27H28N2O3S2/c1-20-15-16-24-26(21(20)2)28-27(33-24)29(18-22-10-5-3-6-11-22)25(30)14-9-17-34(31,32)19-23-12-7-4-8-13-23/h3-8,10-13,15-16H,9,14,17-19H2,1-2H3. The van der Waals surface area contributed by atoms with Gasteiger partial charge in [0.15, 0.2) is 15.0 Å². The van der Waals surface area contributed by atoms with Crippen LogP contribution in [0.25, 0.3) is 10.2 Å². The number of amides is 1. The first-order valence-corrected chi connectivity index (χ1v) is 13.9. The molecule has 0 N–H and O–H groups in total. The Labute approximate surface area is 205 Å². The first-order chi connectivity index (χ1) is 16.3. The van der Waals surface area contributed by atoms with Crippen LogP contribution in [0.15, 0.2) is 72.8 Å². The number of carbonyl (C=O) groups is 1. The van der Waals surface area contributed by atoms with E-state index in [-0.39, 0.29) is 30.3 Å². The highest BCUT2D eigenvalue weighted by Gasteiger charge is 2.22. The van der Waals surface area contributed by atoms with Crippen LogP contribution < -0.4 is 4.90 Å². The average Bonchev–Trinajstić information content (AvgIpc) is 3.25. The van der Waals surface area contributed by atoms with Crippen LogP contribution in [0.1, 0.15) is 35.1 Å². The lowest BCUT2D eigenvalue weighted by Gasteiger charge is -2.20. The molecule has 1 amide bonds. The van der Waals surface area contributed by atoms with E-state index in [9.17, 15) is 13.2 Å². The smallest absolute Gasteiger partial charge is 0.229 e. The van der Waals surface area contributed by atoms with E-state index < -0.39 is 9.84 Å². The normalized spacial score (nSPS) is 11.6. The van der Waals surface area contributed by atoms with E-state index in [0.717, 1.165) is 32.5 Å². The van der Waals surface area contributed by atoms with Gasteiger partial charge < -0.3 is 0 Å². The van der Waals surface area contributed by atoms with Gasteiger partial charge >= 0.3 is 0 Å². The third kappa shape index (κ3) is 5.90. The molecule has 0 aliphatic rings. The SMILES string of the molecule is Cc1ccc2sc(N(Cc3ccccc3)C(=O)CCCS(=O)(=O)Cc3ccccc3)nc2c1C. The maximum atomic E-state index is 13.3. The Morgan fingerprint density at radius 3 is 2.24 bits per heavy atom. The summed E-state index contributed by atoms with van der Waals surface area (Å²) in [6, 6.07) is 23.0. The second-order valence-corrected chi connectivity index (χ2v) is 11.7. The van der Waals surface area contributed by atoms with E-state index in [2.05, 4.69) is 13.0 Å². The summed E-state index contributed by atoms with van der Waals surface area (Å²) in [7, 11) is -3.29. The Balaban J connectivity index is 1.51. The Morgan fingerprint density at radius 1 is 0.912 bits per heavy atom. The Bertz CT molecular complexity index is 1380. The van der Waals surface area contributed by atoms with E-state index in [4.69, 9.17) is 4.98 Å². The van der Waals surface area contributed by atoms with Gasteiger partial charge in [-0.2, -0.15) is 0 Å². The fraction of sp³-hybridized carbons (Fsp3) is 0.259. The monoisotopic (exact) mass is 492 g/mol. The molecule has 0 unspecified atom stereocenters. The molecule has 0 spiro atoms. The molecule has 176 valence electrons. The van der Waals surface area contributed by atoms with Crippen molar-refractivity contribution in [3.63, 3.8) is 0 Å². The predicted octanol–water partition coefficient (Wildman–Crippen LogP) is 5.84. The van der Waals surface area contributed by atoms with Gasteiger partial charge in [-0.25, -0.2) is 13.4 Å². The molecular formula is C27H28N2O3S2. The minimum atomic E-state index is -3.29. The summed E-state index contributed by atoms with van der Waals surface area (Å²) in [5, 5.41) is 0.643. The zero-order valence-corrected chi connectivity index (χ0v) is 21.0. The molecule has 0 saturated carbocycles. The number of rotatable bonds is 9. The van der Waals surface area contributed by atoms with Gasteiger partial charge in [-0.15, -0.1) is 0 Å². The minimum absolute atomic E-state index is 0.00768. The van der Waals surface area contributed by atoms with Crippen LogP contribution in [0, 0.1) is 13.8 Å². The highest BCUT2D eigenvalue weighted by Crippen LogP contribution is 2.33. The number of anilines is 1. The van der Waals surface area contributed by atoms with Crippen molar-refractivity contribution in [3.8, 4) is 0 Å². The number of benzene rings is 3. The Hall–Kier alpha value is -3.03. The Kier molecular flexibility index (Phi) is 7.44. The zero-order chi connectivity index (χ0) is 24.1. The van der Waals surface area contributed by atoms with Gasteiger partial charge in [0.2, 0.25) is 5.91 Å². The number of aromatic nitrogens is 1. The maximum Gasteiger partial charge on any atom is 0.229 e. The van der Waals surface area contributed by atoms with Gasteiger partial charge in [0, 0.05) is 6.42 Å². The van der Waals surface area contributed by atoms with Crippen molar-refractivity contribution < 1.29 is 13.2 Å². The summed E-state index contributed by atoms with van der Waals surface area (Å²) < 4.78 is 26.2. The molecule has 1 aromatic heterocycles. The molecule has 1 heterocycles. The number of thiazole rings is 1. The summed E-state index contributed by atoms with van der Waals surface area (Å²) in [5.74, 6) is -0.149. The molecule has 3 aromatic carbocycles. The number of hydrogen-bond donors (Lipinski definition) is 0. The molecule has 0 atom stereocenters. The van der Waals surface area contributed by atoms with Gasteiger partial charge in [-0.1, -0.05) is 78.1 Å². The summed E-state index contributed by atoms with van der Waals surface area (Å²) in [5.41, 5.74) is 4.95. The number of sulfone groups is 1. The molecule has 0 bridgehead atoms. The molecule has 4 aromatic rings. The second-order valence-electron chi connectivity index (χ2n) is 8.50. The number of carbonyl (C=O) groups excluding carboxylic acids is 1. The lowest BCUT2D eigenvalue weighted by atomic mass is 10.1. The number of hydrogen-bond acceptors (Lipinski definition) is 5. The highest BCUT2D eigenvalue weighted by molar-refractivity contribution is 7.90. The van der Waals surface area contributed by atoms with Crippen molar-refractivity contribution >= 4 is 42.4 Å².